The lowest BCUT2D eigenvalue weighted by atomic mass is 9.89. The van der Waals surface area contributed by atoms with Crippen molar-refractivity contribution in [3.8, 4) is 0 Å². The zero-order valence-corrected chi connectivity index (χ0v) is 8.11. The van der Waals surface area contributed by atoms with Crippen LogP contribution in [0.4, 0.5) is 0 Å². The van der Waals surface area contributed by atoms with Crippen molar-refractivity contribution in [2.24, 2.45) is 5.41 Å². The van der Waals surface area contributed by atoms with Gasteiger partial charge in [0.2, 0.25) is 0 Å². The molecule has 1 nitrogen and oxygen atoms in total. The molecule has 8 heavy (non-hydrogen) atoms. The first-order valence-corrected chi connectivity index (χ1v) is 3.92. The molecular formula is C6H14IN. The fraction of sp³-hybridized carbons (Fsp3) is 1.00. The van der Waals surface area contributed by atoms with Crippen LogP contribution in [0.1, 0.15) is 27.7 Å². The monoisotopic (exact) mass is 227 g/mol. The summed E-state index contributed by atoms with van der Waals surface area (Å²) in [4.78, 5) is 0. The zero-order valence-electron chi connectivity index (χ0n) is 5.96. The average molecular weight is 227 g/mol. The van der Waals surface area contributed by atoms with E-state index < -0.39 is 0 Å². The number of nitrogens with one attached hydrogen (secondary N) is 1. The summed E-state index contributed by atoms with van der Waals surface area (Å²) in [6.07, 6.45) is 0. The molecule has 1 atom stereocenters. The van der Waals surface area contributed by atoms with E-state index in [0.29, 0.717) is 11.5 Å². The van der Waals surface area contributed by atoms with Crippen LogP contribution in [-0.2, 0) is 0 Å². The second-order valence-corrected chi connectivity index (χ2v) is 3.82. The minimum absolute atomic E-state index is 0.390. The van der Waals surface area contributed by atoms with Crippen LogP contribution in [0, 0.1) is 5.41 Å². The molecule has 0 fully saturated rings. The quantitative estimate of drug-likeness (QED) is 0.535. The molecule has 0 rings (SSSR count). The standard InChI is InChI=1S/C6H14IN/c1-5(8-7)6(2,3)4/h5,8H,1-4H3. The Bertz CT molecular complexity index is 65.4. The minimum Gasteiger partial charge on any atom is -0.258 e. The van der Waals surface area contributed by atoms with E-state index in [1.807, 2.05) is 0 Å². The third kappa shape index (κ3) is 2.87. The lowest BCUT2D eigenvalue weighted by Crippen LogP contribution is -2.31. The van der Waals surface area contributed by atoms with Gasteiger partial charge in [-0.05, 0) is 12.3 Å². The molecule has 0 aromatic rings. The molecule has 0 heterocycles. The van der Waals surface area contributed by atoms with Crippen LogP contribution in [0.2, 0.25) is 0 Å². The van der Waals surface area contributed by atoms with Gasteiger partial charge in [-0.15, -0.1) is 0 Å². The van der Waals surface area contributed by atoms with E-state index in [1.165, 1.54) is 0 Å². The van der Waals surface area contributed by atoms with Gasteiger partial charge in [-0.25, -0.2) is 0 Å². The summed E-state index contributed by atoms with van der Waals surface area (Å²) >= 11 is 2.19. The van der Waals surface area contributed by atoms with Crippen molar-refractivity contribution < 1.29 is 0 Å². The first-order valence-electron chi connectivity index (χ1n) is 2.84. The Labute approximate surface area is 65.7 Å². The van der Waals surface area contributed by atoms with Crippen LogP contribution >= 0.6 is 22.9 Å². The Morgan fingerprint density at radius 3 is 1.75 bits per heavy atom. The van der Waals surface area contributed by atoms with Gasteiger partial charge in [0.05, 0.1) is 0 Å². The maximum atomic E-state index is 3.17. The maximum absolute atomic E-state index is 3.17. The molecule has 0 spiro atoms. The SMILES string of the molecule is CC(NI)C(C)(C)C. The van der Waals surface area contributed by atoms with Crippen molar-refractivity contribution in [2.45, 2.75) is 33.7 Å². The lowest BCUT2D eigenvalue weighted by Gasteiger charge is -2.25. The summed E-state index contributed by atoms with van der Waals surface area (Å²) in [6, 6.07) is 0.586. The molecule has 1 N–H and O–H groups in total. The fourth-order valence-electron chi connectivity index (χ4n) is 0.164. The Morgan fingerprint density at radius 2 is 1.75 bits per heavy atom. The molecule has 0 saturated heterocycles. The van der Waals surface area contributed by atoms with Gasteiger partial charge < -0.3 is 0 Å². The topological polar surface area (TPSA) is 12.0 Å². The van der Waals surface area contributed by atoms with Crippen LogP contribution in [0.3, 0.4) is 0 Å². The molecule has 0 aliphatic rings. The van der Waals surface area contributed by atoms with Crippen LogP contribution < -0.4 is 3.53 Å². The summed E-state index contributed by atoms with van der Waals surface area (Å²) < 4.78 is 3.17. The molecule has 1 unspecified atom stereocenters. The van der Waals surface area contributed by atoms with Crippen molar-refractivity contribution in [1.29, 1.82) is 0 Å². The zero-order chi connectivity index (χ0) is 6.78. The highest BCUT2D eigenvalue weighted by molar-refractivity contribution is 14.1. The van der Waals surface area contributed by atoms with Gasteiger partial charge in [-0.1, -0.05) is 20.8 Å². The molecule has 0 amide bonds. The molecule has 0 bridgehead atoms. The molecule has 50 valence electrons. The van der Waals surface area contributed by atoms with Crippen LogP contribution in [0.25, 0.3) is 0 Å². The Hall–Kier alpha value is 0.690. The molecule has 0 aromatic carbocycles. The van der Waals surface area contributed by atoms with E-state index in [9.17, 15) is 0 Å². The molecule has 0 radical (unpaired) electrons. The molecule has 0 aliphatic carbocycles. The Balaban J connectivity index is 3.62. The minimum atomic E-state index is 0.390. The fourth-order valence-corrected chi connectivity index (χ4v) is 1.10. The number of rotatable bonds is 1. The predicted molar refractivity (Wildman–Crippen MR) is 46.1 cm³/mol. The average Bonchev–Trinajstić information content (AvgIpc) is 1.62. The van der Waals surface area contributed by atoms with E-state index >= 15 is 0 Å². The van der Waals surface area contributed by atoms with E-state index in [-0.39, 0.29) is 0 Å². The lowest BCUT2D eigenvalue weighted by molar-refractivity contribution is 0.329. The first-order chi connectivity index (χ1) is 3.48. The largest absolute Gasteiger partial charge is 0.258 e. The highest BCUT2D eigenvalue weighted by Crippen LogP contribution is 2.18. The van der Waals surface area contributed by atoms with Gasteiger partial charge in [0.25, 0.3) is 0 Å². The number of halogens is 1. The summed E-state index contributed by atoms with van der Waals surface area (Å²) in [7, 11) is 0. The van der Waals surface area contributed by atoms with Gasteiger partial charge in [0.1, 0.15) is 0 Å². The van der Waals surface area contributed by atoms with Crippen LogP contribution in [0.15, 0.2) is 0 Å². The second kappa shape index (κ2) is 3.01. The highest BCUT2D eigenvalue weighted by Gasteiger charge is 2.17. The van der Waals surface area contributed by atoms with Crippen molar-refractivity contribution in [2.75, 3.05) is 0 Å². The summed E-state index contributed by atoms with van der Waals surface area (Å²) in [5, 5.41) is 0. The molecular weight excluding hydrogens is 213 g/mol. The molecule has 0 aliphatic heterocycles. The first kappa shape index (κ1) is 8.69. The van der Waals surface area contributed by atoms with Crippen molar-refractivity contribution >= 4 is 22.9 Å². The number of hydrogen-bond donors (Lipinski definition) is 1. The van der Waals surface area contributed by atoms with E-state index in [0.717, 1.165) is 0 Å². The summed E-state index contributed by atoms with van der Waals surface area (Å²) in [6.45, 7) is 8.86. The highest BCUT2D eigenvalue weighted by atomic mass is 127. The molecule has 2 heteroatoms. The van der Waals surface area contributed by atoms with Gasteiger partial charge in [-0.3, -0.25) is 3.53 Å². The second-order valence-electron chi connectivity index (χ2n) is 3.20. The Morgan fingerprint density at radius 1 is 1.38 bits per heavy atom. The molecule has 0 saturated carbocycles. The van der Waals surface area contributed by atoms with Gasteiger partial charge in [0.15, 0.2) is 0 Å². The van der Waals surface area contributed by atoms with Crippen molar-refractivity contribution in [1.82, 2.24) is 3.53 Å². The van der Waals surface area contributed by atoms with Gasteiger partial charge in [-0.2, -0.15) is 0 Å². The summed E-state index contributed by atoms with van der Waals surface area (Å²) in [5.41, 5.74) is 0.390. The van der Waals surface area contributed by atoms with Crippen molar-refractivity contribution in [3.63, 3.8) is 0 Å². The normalized spacial score (nSPS) is 16.1. The third-order valence-electron chi connectivity index (χ3n) is 1.46. The van der Waals surface area contributed by atoms with E-state index in [4.69, 9.17) is 0 Å². The predicted octanol–water partition coefficient (Wildman–Crippen LogP) is 2.36. The van der Waals surface area contributed by atoms with Gasteiger partial charge in [0, 0.05) is 28.9 Å². The third-order valence-corrected chi connectivity index (χ3v) is 2.40. The smallest absolute Gasteiger partial charge is 0.0183 e. The van der Waals surface area contributed by atoms with Crippen molar-refractivity contribution in [3.05, 3.63) is 0 Å². The van der Waals surface area contributed by atoms with E-state index in [1.54, 1.807) is 0 Å². The summed E-state index contributed by atoms with van der Waals surface area (Å²) in [5.74, 6) is 0. The molecule has 0 aromatic heterocycles. The van der Waals surface area contributed by atoms with Crippen LogP contribution in [0.5, 0.6) is 0 Å². The Kier molecular flexibility index (Phi) is 3.27. The van der Waals surface area contributed by atoms with Crippen LogP contribution in [-0.4, -0.2) is 6.04 Å². The van der Waals surface area contributed by atoms with E-state index in [2.05, 4.69) is 54.1 Å². The maximum Gasteiger partial charge on any atom is 0.0183 e. The number of hydrogen-bond acceptors (Lipinski definition) is 1. The van der Waals surface area contributed by atoms with Gasteiger partial charge >= 0.3 is 0 Å².